The molecule has 1 saturated heterocycles. The van der Waals surface area contributed by atoms with Crippen LogP contribution < -0.4 is 10.2 Å². The van der Waals surface area contributed by atoms with E-state index >= 15 is 0 Å². The molecule has 0 unspecified atom stereocenters. The van der Waals surface area contributed by atoms with Gasteiger partial charge in [0.15, 0.2) is 0 Å². The minimum atomic E-state index is -0.218. The molecule has 1 aliphatic heterocycles. The summed E-state index contributed by atoms with van der Waals surface area (Å²) in [6.45, 7) is 5.07. The largest absolute Gasteiger partial charge is 0.441 e. The lowest BCUT2D eigenvalue weighted by Gasteiger charge is -2.39. The van der Waals surface area contributed by atoms with Crippen molar-refractivity contribution in [2.45, 2.75) is 25.3 Å². The lowest BCUT2D eigenvalue weighted by Crippen LogP contribution is -2.48. The summed E-state index contributed by atoms with van der Waals surface area (Å²) in [5.41, 5.74) is 1.03. The fraction of sp³-hybridized carbons (Fsp3) is 0.500. The molecule has 1 aromatic carbocycles. The molecule has 1 aromatic heterocycles. The molecule has 6 nitrogen and oxygen atoms in total. The average molecular weight is 504 g/mol. The Morgan fingerprint density at radius 1 is 1.21 bits per heavy atom. The van der Waals surface area contributed by atoms with E-state index in [0.29, 0.717) is 16.0 Å². The number of halogens is 3. The second-order valence-corrected chi connectivity index (χ2v) is 8.32. The second-order valence-electron chi connectivity index (χ2n) is 7.54. The summed E-state index contributed by atoms with van der Waals surface area (Å²) in [6.07, 6.45) is 6.13. The quantitative estimate of drug-likeness (QED) is 0.637. The first kappa shape index (κ1) is 22.4. The Balaban J connectivity index is 0.00000240. The van der Waals surface area contributed by atoms with Crippen LogP contribution in [0.25, 0.3) is 0 Å². The summed E-state index contributed by atoms with van der Waals surface area (Å²) in [6, 6.07) is 6.05. The Kier molecular flexibility index (Phi) is 7.85. The van der Waals surface area contributed by atoms with Crippen LogP contribution in [0.2, 0.25) is 10.0 Å². The van der Waals surface area contributed by atoms with Crippen molar-refractivity contribution >= 4 is 51.8 Å². The normalized spacial score (nSPS) is 21.9. The first-order valence-corrected chi connectivity index (χ1v) is 10.5. The summed E-state index contributed by atoms with van der Waals surface area (Å²) in [7, 11) is 0. The number of rotatable bonds is 6. The number of hydrogen-bond acceptors (Lipinski definition) is 5. The third kappa shape index (κ3) is 5.45. The molecular weight excluding hydrogens is 479 g/mol. The van der Waals surface area contributed by atoms with Gasteiger partial charge in [0.1, 0.15) is 6.26 Å². The number of nitrogens with zero attached hydrogens (tertiary/aromatic N) is 3. The SMILES string of the molecule is Br.O=C(N[C@H]1C[C@H](CCN2CCN(c3cccc(Cl)c3Cl)CC2)C1)c1ncco1. The highest BCUT2D eigenvalue weighted by atomic mass is 79.9. The number of hydrogen-bond donors (Lipinski definition) is 1. The topological polar surface area (TPSA) is 61.6 Å². The van der Waals surface area contributed by atoms with Crippen LogP contribution in [-0.2, 0) is 0 Å². The van der Waals surface area contributed by atoms with Gasteiger partial charge in [-0.2, -0.15) is 0 Å². The van der Waals surface area contributed by atoms with Crippen molar-refractivity contribution in [2.75, 3.05) is 37.6 Å². The summed E-state index contributed by atoms with van der Waals surface area (Å²) in [5.74, 6) is 0.598. The molecule has 1 aliphatic carbocycles. The average Bonchev–Trinajstić information content (AvgIpc) is 3.21. The molecule has 1 N–H and O–H groups in total. The third-order valence-corrected chi connectivity index (χ3v) is 6.50. The van der Waals surface area contributed by atoms with E-state index in [9.17, 15) is 4.79 Å². The molecule has 1 amide bonds. The smallest absolute Gasteiger partial charge is 0.307 e. The highest BCUT2D eigenvalue weighted by molar-refractivity contribution is 8.93. The summed E-state index contributed by atoms with van der Waals surface area (Å²) >= 11 is 12.5. The molecule has 158 valence electrons. The predicted molar refractivity (Wildman–Crippen MR) is 121 cm³/mol. The minimum Gasteiger partial charge on any atom is -0.441 e. The van der Waals surface area contributed by atoms with Gasteiger partial charge in [0.25, 0.3) is 5.89 Å². The molecule has 2 aromatic rings. The standard InChI is InChI=1S/C20H24Cl2N4O2.BrH/c21-16-2-1-3-17(18(16)22)26-9-7-25(8-10-26)6-4-14-12-15(13-14)24-19(27)20-23-5-11-28-20;/h1-3,5,11,14-15H,4,6-10,12-13H2,(H,24,27);1H/t14-,15-;. The first-order valence-electron chi connectivity index (χ1n) is 9.72. The Labute approximate surface area is 191 Å². The summed E-state index contributed by atoms with van der Waals surface area (Å²) in [4.78, 5) is 20.6. The van der Waals surface area contributed by atoms with Gasteiger partial charge in [-0.25, -0.2) is 4.98 Å². The van der Waals surface area contributed by atoms with Crippen LogP contribution in [0.3, 0.4) is 0 Å². The number of anilines is 1. The maximum Gasteiger partial charge on any atom is 0.307 e. The van der Waals surface area contributed by atoms with Crippen LogP contribution in [0.1, 0.15) is 29.9 Å². The van der Waals surface area contributed by atoms with Crippen molar-refractivity contribution in [2.24, 2.45) is 5.92 Å². The zero-order valence-corrected chi connectivity index (χ0v) is 19.2. The van der Waals surface area contributed by atoms with Gasteiger partial charge in [-0.05, 0) is 43.9 Å². The highest BCUT2D eigenvalue weighted by Crippen LogP contribution is 2.33. The van der Waals surface area contributed by atoms with E-state index < -0.39 is 0 Å². The number of benzene rings is 1. The van der Waals surface area contributed by atoms with Crippen LogP contribution >= 0.6 is 40.2 Å². The summed E-state index contributed by atoms with van der Waals surface area (Å²) < 4.78 is 5.02. The second kappa shape index (κ2) is 10.2. The van der Waals surface area contributed by atoms with Gasteiger partial charge in [0.2, 0.25) is 0 Å². The molecule has 0 bridgehead atoms. The zero-order chi connectivity index (χ0) is 19.5. The van der Waals surface area contributed by atoms with Gasteiger partial charge in [-0.1, -0.05) is 29.3 Å². The van der Waals surface area contributed by atoms with E-state index in [4.69, 9.17) is 27.6 Å². The molecule has 0 spiro atoms. The van der Waals surface area contributed by atoms with Gasteiger partial charge < -0.3 is 14.6 Å². The van der Waals surface area contributed by atoms with Crippen LogP contribution in [0.15, 0.2) is 35.1 Å². The molecule has 2 fully saturated rings. The molecule has 2 heterocycles. The van der Waals surface area contributed by atoms with Crippen LogP contribution in [0.5, 0.6) is 0 Å². The Hall–Kier alpha value is -1.28. The van der Waals surface area contributed by atoms with Crippen molar-refractivity contribution in [3.8, 4) is 0 Å². The van der Waals surface area contributed by atoms with Gasteiger partial charge in [0.05, 0.1) is 21.9 Å². The molecule has 4 rings (SSSR count). The number of carbonyl (C=O) groups excluding carboxylic acids is 1. The number of piperazine rings is 1. The molecular formula is C20H25BrCl2N4O2. The van der Waals surface area contributed by atoms with E-state index in [1.807, 2.05) is 18.2 Å². The lowest BCUT2D eigenvalue weighted by molar-refractivity contribution is 0.0842. The van der Waals surface area contributed by atoms with Crippen molar-refractivity contribution in [3.63, 3.8) is 0 Å². The number of carbonyl (C=O) groups is 1. The van der Waals surface area contributed by atoms with E-state index in [1.165, 1.54) is 18.9 Å². The molecule has 29 heavy (non-hydrogen) atoms. The maximum absolute atomic E-state index is 11.9. The van der Waals surface area contributed by atoms with Crippen molar-refractivity contribution in [1.29, 1.82) is 0 Å². The van der Waals surface area contributed by atoms with Crippen molar-refractivity contribution < 1.29 is 9.21 Å². The molecule has 2 aliphatic rings. The Morgan fingerprint density at radius 3 is 2.66 bits per heavy atom. The number of nitrogens with one attached hydrogen (secondary N) is 1. The molecule has 9 heteroatoms. The molecule has 0 atom stereocenters. The number of oxazole rings is 1. The van der Waals surface area contributed by atoms with E-state index in [0.717, 1.165) is 51.3 Å². The highest BCUT2D eigenvalue weighted by Gasteiger charge is 2.31. The molecule has 1 saturated carbocycles. The number of aromatic nitrogens is 1. The zero-order valence-electron chi connectivity index (χ0n) is 16.0. The van der Waals surface area contributed by atoms with E-state index in [1.54, 1.807) is 0 Å². The first-order chi connectivity index (χ1) is 13.6. The maximum atomic E-state index is 11.9. The van der Waals surface area contributed by atoms with Crippen LogP contribution in [-0.4, -0.2) is 54.6 Å². The monoisotopic (exact) mass is 502 g/mol. The van der Waals surface area contributed by atoms with Crippen LogP contribution in [0.4, 0.5) is 5.69 Å². The lowest BCUT2D eigenvalue weighted by atomic mass is 9.78. The Morgan fingerprint density at radius 2 is 1.97 bits per heavy atom. The van der Waals surface area contributed by atoms with Gasteiger partial charge in [-0.15, -0.1) is 17.0 Å². The van der Waals surface area contributed by atoms with E-state index in [2.05, 4.69) is 20.1 Å². The third-order valence-electron chi connectivity index (χ3n) is 5.70. The summed E-state index contributed by atoms with van der Waals surface area (Å²) in [5, 5.41) is 4.23. The minimum absolute atomic E-state index is 0. The predicted octanol–water partition coefficient (Wildman–Crippen LogP) is 4.28. The van der Waals surface area contributed by atoms with Gasteiger partial charge in [0, 0.05) is 32.2 Å². The number of amides is 1. The Bertz CT molecular complexity index is 807. The fourth-order valence-corrected chi connectivity index (χ4v) is 4.40. The van der Waals surface area contributed by atoms with Crippen molar-refractivity contribution in [1.82, 2.24) is 15.2 Å². The van der Waals surface area contributed by atoms with Gasteiger partial charge >= 0.3 is 5.91 Å². The van der Waals surface area contributed by atoms with E-state index in [-0.39, 0.29) is 34.8 Å². The van der Waals surface area contributed by atoms with Crippen molar-refractivity contribution in [3.05, 3.63) is 46.6 Å². The molecule has 0 radical (unpaired) electrons. The van der Waals surface area contributed by atoms with Crippen LogP contribution in [0, 0.1) is 5.92 Å². The van der Waals surface area contributed by atoms with Gasteiger partial charge in [-0.3, -0.25) is 9.69 Å². The fourth-order valence-electron chi connectivity index (χ4n) is 3.99.